The quantitative estimate of drug-likeness (QED) is 0.284. The fourth-order valence-corrected chi connectivity index (χ4v) is 5.45. The summed E-state index contributed by atoms with van der Waals surface area (Å²) < 4.78 is 2.58. The topological polar surface area (TPSA) is 25.8 Å². The number of rotatable bonds is 3. The van der Waals surface area contributed by atoms with Crippen molar-refractivity contribution in [3.8, 4) is 33.8 Å². The smallest absolute Gasteiger partial charge is 0.160 e. The highest BCUT2D eigenvalue weighted by Gasteiger charge is 2.13. The van der Waals surface area contributed by atoms with Crippen molar-refractivity contribution in [3.63, 3.8) is 0 Å². The molecule has 4 aromatic carbocycles. The van der Waals surface area contributed by atoms with Crippen molar-refractivity contribution in [1.29, 1.82) is 0 Å². The number of aromatic nitrogens is 2. The molecule has 0 spiro atoms. The van der Waals surface area contributed by atoms with Crippen LogP contribution < -0.4 is 0 Å². The molecule has 152 valence electrons. The molecule has 0 radical (unpaired) electrons. The Morgan fingerprint density at radius 3 is 2.12 bits per heavy atom. The van der Waals surface area contributed by atoms with Gasteiger partial charge in [0, 0.05) is 37.0 Å². The normalized spacial score (nSPS) is 11.3. The van der Waals surface area contributed by atoms with E-state index in [1.54, 1.807) is 0 Å². The predicted octanol–water partition coefficient (Wildman–Crippen LogP) is 8.15. The SMILES string of the molecule is Cc1cc(-c2cccc3c2sc2ccccc23)nc(-c2ccc(-c3ccccc3)cc2)n1. The molecule has 2 nitrogen and oxygen atoms in total. The summed E-state index contributed by atoms with van der Waals surface area (Å²) in [6.07, 6.45) is 0. The summed E-state index contributed by atoms with van der Waals surface area (Å²) in [6, 6.07) is 36.1. The Morgan fingerprint density at radius 1 is 0.594 bits per heavy atom. The van der Waals surface area contributed by atoms with Gasteiger partial charge in [-0.05, 0) is 30.2 Å². The highest BCUT2D eigenvalue weighted by atomic mass is 32.1. The summed E-state index contributed by atoms with van der Waals surface area (Å²) in [5, 5.41) is 2.59. The summed E-state index contributed by atoms with van der Waals surface area (Å²) in [4.78, 5) is 9.74. The van der Waals surface area contributed by atoms with E-state index in [0.717, 1.165) is 28.3 Å². The molecule has 6 aromatic rings. The summed E-state index contributed by atoms with van der Waals surface area (Å²) >= 11 is 1.83. The van der Waals surface area contributed by atoms with E-state index in [2.05, 4.69) is 97.1 Å². The molecule has 0 amide bonds. The van der Waals surface area contributed by atoms with E-state index in [9.17, 15) is 0 Å². The second-order valence-corrected chi connectivity index (χ2v) is 8.99. The van der Waals surface area contributed by atoms with Crippen LogP contribution >= 0.6 is 11.3 Å². The van der Waals surface area contributed by atoms with Gasteiger partial charge >= 0.3 is 0 Å². The van der Waals surface area contributed by atoms with E-state index in [0.29, 0.717) is 0 Å². The highest BCUT2D eigenvalue weighted by Crippen LogP contribution is 2.39. The first-order chi connectivity index (χ1) is 15.8. The molecule has 0 bridgehead atoms. The average molecular weight is 429 g/mol. The van der Waals surface area contributed by atoms with Crippen LogP contribution in [0.4, 0.5) is 0 Å². The summed E-state index contributed by atoms with van der Waals surface area (Å²) in [6.45, 7) is 2.04. The third kappa shape index (κ3) is 3.28. The van der Waals surface area contributed by atoms with Gasteiger partial charge in [0.15, 0.2) is 5.82 Å². The number of benzene rings is 4. The first kappa shape index (κ1) is 18.9. The van der Waals surface area contributed by atoms with Gasteiger partial charge in [-0.25, -0.2) is 9.97 Å². The Labute approximate surface area is 190 Å². The van der Waals surface area contributed by atoms with Gasteiger partial charge in [-0.15, -0.1) is 11.3 Å². The molecule has 0 atom stereocenters. The van der Waals surface area contributed by atoms with Crippen molar-refractivity contribution < 1.29 is 0 Å². The van der Waals surface area contributed by atoms with Crippen molar-refractivity contribution in [2.45, 2.75) is 6.92 Å². The van der Waals surface area contributed by atoms with Crippen LogP contribution in [0, 0.1) is 6.92 Å². The number of hydrogen-bond donors (Lipinski definition) is 0. The summed E-state index contributed by atoms with van der Waals surface area (Å²) in [7, 11) is 0. The molecule has 32 heavy (non-hydrogen) atoms. The molecule has 0 N–H and O–H groups in total. The molecule has 0 unspecified atom stereocenters. The van der Waals surface area contributed by atoms with Gasteiger partial charge in [0.25, 0.3) is 0 Å². The molecule has 0 saturated heterocycles. The largest absolute Gasteiger partial charge is 0.233 e. The van der Waals surface area contributed by atoms with Crippen LogP contribution in [0.3, 0.4) is 0 Å². The van der Waals surface area contributed by atoms with E-state index in [1.807, 2.05) is 24.3 Å². The van der Waals surface area contributed by atoms with E-state index in [4.69, 9.17) is 9.97 Å². The van der Waals surface area contributed by atoms with Crippen molar-refractivity contribution in [2.24, 2.45) is 0 Å². The molecule has 0 aliphatic heterocycles. The Hall–Kier alpha value is -3.82. The molecule has 3 heteroatoms. The van der Waals surface area contributed by atoms with Crippen LogP contribution in [0.1, 0.15) is 5.69 Å². The second-order valence-electron chi connectivity index (χ2n) is 7.94. The molecular formula is C29H20N2S. The maximum Gasteiger partial charge on any atom is 0.160 e. The lowest BCUT2D eigenvalue weighted by atomic mass is 10.0. The molecule has 6 rings (SSSR count). The predicted molar refractivity (Wildman–Crippen MR) is 136 cm³/mol. The summed E-state index contributed by atoms with van der Waals surface area (Å²) in [5.74, 6) is 0.762. The van der Waals surface area contributed by atoms with E-state index >= 15 is 0 Å². The minimum Gasteiger partial charge on any atom is -0.233 e. The number of fused-ring (bicyclic) bond motifs is 3. The third-order valence-corrected chi connectivity index (χ3v) is 7.00. The molecule has 0 saturated carbocycles. The molecule has 2 aromatic heterocycles. The van der Waals surface area contributed by atoms with Crippen molar-refractivity contribution in [2.75, 3.05) is 0 Å². The average Bonchev–Trinajstić information content (AvgIpc) is 3.23. The molecule has 2 heterocycles. The van der Waals surface area contributed by atoms with Crippen LogP contribution in [0.5, 0.6) is 0 Å². The fraction of sp³-hybridized carbons (Fsp3) is 0.0345. The Balaban J connectivity index is 1.46. The molecular weight excluding hydrogens is 408 g/mol. The minimum absolute atomic E-state index is 0.762. The zero-order chi connectivity index (χ0) is 21.5. The van der Waals surface area contributed by atoms with E-state index < -0.39 is 0 Å². The van der Waals surface area contributed by atoms with Gasteiger partial charge in [0.05, 0.1) is 5.69 Å². The lowest BCUT2D eigenvalue weighted by Gasteiger charge is -2.08. The molecule has 0 aliphatic rings. The Kier molecular flexibility index (Phi) is 4.55. The number of aryl methyl sites for hydroxylation is 1. The Bertz CT molecular complexity index is 1560. The highest BCUT2D eigenvalue weighted by molar-refractivity contribution is 7.26. The molecule has 0 fully saturated rings. The fourth-order valence-electron chi connectivity index (χ4n) is 4.23. The number of nitrogens with zero attached hydrogens (tertiary/aromatic N) is 2. The van der Waals surface area contributed by atoms with Gasteiger partial charge < -0.3 is 0 Å². The number of thiophene rings is 1. The Morgan fingerprint density at radius 2 is 1.28 bits per heavy atom. The summed E-state index contributed by atoms with van der Waals surface area (Å²) in [5.41, 5.74) is 6.53. The standard InChI is InChI=1S/C29H20N2S/c1-19-18-26(25-12-7-11-24-23-10-5-6-13-27(23)32-28(24)25)31-29(30-19)22-16-14-21(15-17-22)20-8-3-2-4-9-20/h2-18H,1H3. The second kappa shape index (κ2) is 7.70. The zero-order valence-corrected chi connectivity index (χ0v) is 18.4. The maximum absolute atomic E-state index is 4.99. The van der Waals surface area contributed by atoms with E-state index in [1.165, 1.54) is 31.3 Å². The maximum atomic E-state index is 4.99. The molecule has 0 aliphatic carbocycles. The van der Waals surface area contributed by atoms with Gasteiger partial charge in [-0.1, -0.05) is 91.0 Å². The van der Waals surface area contributed by atoms with Crippen molar-refractivity contribution >= 4 is 31.5 Å². The first-order valence-electron chi connectivity index (χ1n) is 10.7. The van der Waals surface area contributed by atoms with Crippen LogP contribution in [0.25, 0.3) is 53.9 Å². The lowest BCUT2D eigenvalue weighted by Crippen LogP contribution is -1.95. The van der Waals surface area contributed by atoms with Crippen molar-refractivity contribution in [1.82, 2.24) is 9.97 Å². The monoisotopic (exact) mass is 428 g/mol. The van der Waals surface area contributed by atoms with Gasteiger partial charge in [-0.2, -0.15) is 0 Å². The van der Waals surface area contributed by atoms with Gasteiger partial charge in [-0.3, -0.25) is 0 Å². The first-order valence-corrected chi connectivity index (χ1v) is 11.5. The number of hydrogen-bond acceptors (Lipinski definition) is 3. The van der Waals surface area contributed by atoms with E-state index in [-0.39, 0.29) is 0 Å². The van der Waals surface area contributed by atoms with Crippen LogP contribution in [-0.4, -0.2) is 9.97 Å². The third-order valence-electron chi connectivity index (χ3n) is 5.78. The minimum atomic E-state index is 0.762. The van der Waals surface area contributed by atoms with Gasteiger partial charge in [0.1, 0.15) is 0 Å². The van der Waals surface area contributed by atoms with Crippen LogP contribution in [-0.2, 0) is 0 Å². The van der Waals surface area contributed by atoms with Crippen LogP contribution in [0.15, 0.2) is 103 Å². The zero-order valence-electron chi connectivity index (χ0n) is 17.6. The van der Waals surface area contributed by atoms with Crippen molar-refractivity contribution in [3.05, 3.63) is 109 Å². The van der Waals surface area contributed by atoms with Crippen LogP contribution in [0.2, 0.25) is 0 Å². The lowest BCUT2D eigenvalue weighted by molar-refractivity contribution is 1.12. The van der Waals surface area contributed by atoms with Gasteiger partial charge in [0.2, 0.25) is 0 Å².